The number of hydrogen-bond donors (Lipinski definition) is 1. The molecule has 114 valence electrons. The molecule has 0 bridgehead atoms. The van der Waals surface area contributed by atoms with Crippen molar-refractivity contribution in [1.29, 1.82) is 0 Å². The van der Waals surface area contributed by atoms with Crippen molar-refractivity contribution < 1.29 is 22.7 Å². The largest absolute Gasteiger partial charge is 0.493 e. The first-order valence-electron chi connectivity index (χ1n) is 6.71. The lowest BCUT2D eigenvalue weighted by molar-refractivity contribution is 0.0944. The maximum Gasteiger partial charge on any atom is 0.254 e. The Morgan fingerprint density at radius 1 is 1.14 bits per heavy atom. The summed E-state index contributed by atoms with van der Waals surface area (Å²) in [5.41, 5.74) is 0.430. The van der Waals surface area contributed by atoms with E-state index < -0.39 is 28.9 Å². The Balaban J connectivity index is 1.70. The molecule has 1 amide bonds. The van der Waals surface area contributed by atoms with Crippen LogP contribution in [0, 0.1) is 17.5 Å². The summed E-state index contributed by atoms with van der Waals surface area (Å²) in [5, 5.41) is 2.52. The van der Waals surface area contributed by atoms with Gasteiger partial charge in [-0.15, -0.1) is 0 Å². The summed E-state index contributed by atoms with van der Waals surface area (Å²) < 4.78 is 45.0. The van der Waals surface area contributed by atoms with Crippen LogP contribution in [0.15, 0.2) is 36.4 Å². The fourth-order valence-corrected chi connectivity index (χ4v) is 2.41. The first-order valence-corrected chi connectivity index (χ1v) is 6.71. The van der Waals surface area contributed by atoms with Crippen LogP contribution in [0.3, 0.4) is 0 Å². The van der Waals surface area contributed by atoms with Gasteiger partial charge in [-0.05, 0) is 18.2 Å². The predicted octanol–water partition coefficient (Wildman–Crippen LogP) is 3.01. The van der Waals surface area contributed by atoms with E-state index in [2.05, 4.69) is 5.32 Å². The van der Waals surface area contributed by atoms with Crippen LogP contribution < -0.4 is 10.1 Å². The average molecular weight is 307 g/mol. The van der Waals surface area contributed by atoms with Crippen LogP contribution in [0.5, 0.6) is 5.75 Å². The highest BCUT2D eigenvalue weighted by atomic mass is 19.2. The second-order valence-electron chi connectivity index (χ2n) is 4.98. The molecule has 2 aromatic rings. The van der Waals surface area contributed by atoms with Gasteiger partial charge in [0.1, 0.15) is 5.75 Å². The van der Waals surface area contributed by atoms with Crippen LogP contribution in [0.1, 0.15) is 21.8 Å². The van der Waals surface area contributed by atoms with Gasteiger partial charge in [0.15, 0.2) is 17.5 Å². The number of carbonyl (C=O) groups excluding carboxylic acids is 1. The molecule has 0 aromatic heterocycles. The Hall–Kier alpha value is -2.50. The van der Waals surface area contributed by atoms with Crippen molar-refractivity contribution in [1.82, 2.24) is 5.32 Å². The van der Waals surface area contributed by atoms with Gasteiger partial charge in [0.25, 0.3) is 5.91 Å². The van der Waals surface area contributed by atoms with Gasteiger partial charge in [-0.1, -0.05) is 18.2 Å². The zero-order valence-corrected chi connectivity index (χ0v) is 11.4. The molecule has 2 aromatic carbocycles. The fourth-order valence-electron chi connectivity index (χ4n) is 2.41. The molecule has 0 spiro atoms. The fraction of sp³-hybridized carbons (Fsp3) is 0.188. The molecule has 0 saturated carbocycles. The first kappa shape index (κ1) is 14.4. The van der Waals surface area contributed by atoms with Crippen molar-refractivity contribution in [3.05, 3.63) is 65.0 Å². The van der Waals surface area contributed by atoms with E-state index >= 15 is 0 Å². The molecule has 1 heterocycles. The van der Waals surface area contributed by atoms with E-state index in [1.54, 1.807) is 0 Å². The van der Waals surface area contributed by atoms with E-state index in [1.807, 2.05) is 24.3 Å². The average Bonchev–Trinajstić information content (AvgIpc) is 2.94. The summed E-state index contributed by atoms with van der Waals surface area (Å²) in [6, 6.07) is 9.06. The molecular weight excluding hydrogens is 295 g/mol. The Bertz CT molecular complexity index is 733. The molecule has 1 aliphatic rings. The van der Waals surface area contributed by atoms with Gasteiger partial charge in [0.05, 0.1) is 12.2 Å². The highest BCUT2D eigenvalue weighted by Gasteiger charge is 2.25. The van der Waals surface area contributed by atoms with Crippen molar-refractivity contribution in [2.75, 3.05) is 13.2 Å². The Morgan fingerprint density at radius 3 is 2.73 bits per heavy atom. The number of fused-ring (bicyclic) bond motifs is 1. The zero-order chi connectivity index (χ0) is 15.7. The summed E-state index contributed by atoms with van der Waals surface area (Å²) in [6.45, 7) is 0.619. The number of nitrogens with one attached hydrogen (secondary N) is 1. The van der Waals surface area contributed by atoms with Crippen molar-refractivity contribution in [3.63, 3.8) is 0 Å². The zero-order valence-electron chi connectivity index (χ0n) is 11.4. The quantitative estimate of drug-likeness (QED) is 0.885. The smallest absolute Gasteiger partial charge is 0.254 e. The highest BCUT2D eigenvalue weighted by molar-refractivity contribution is 5.94. The molecule has 0 radical (unpaired) electrons. The van der Waals surface area contributed by atoms with Gasteiger partial charge in [-0.25, -0.2) is 13.2 Å². The van der Waals surface area contributed by atoms with Crippen LogP contribution in [0.2, 0.25) is 0 Å². The van der Waals surface area contributed by atoms with E-state index in [0.717, 1.165) is 23.4 Å². The second-order valence-corrected chi connectivity index (χ2v) is 4.98. The SMILES string of the molecule is O=C(NCC1COc2ccccc21)c1ccc(F)c(F)c1F. The standard InChI is InChI=1S/C16H12F3NO2/c17-12-6-5-11(14(18)15(12)19)16(21)20-7-9-8-22-13-4-2-1-3-10(9)13/h1-6,9H,7-8H2,(H,20,21). The van der Waals surface area contributed by atoms with E-state index in [0.29, 0.717) is 6.61 Å². The van der Waals surface area contributed by atoms with Crippen molar-refractivity contribution >= 4 is 5.91 Å². The normalized spacial score (nSPS) is 16.0. The third-order valence-corrected chi connectivity index (χ3v) is 3.59. The summed E-state index contributed by atoms with van der Waals surface area (Å²) in [7, 11) is 0. The minimum Gasteiger partial charge on any atom is -0.493 e. The van der Waals surface area contributed by atoms with Crippen molar-refractivity contribution in [3.8, 4) is 5.75 Å². The summed E-state index contributed by atoms with van der Waals surface area (Å²) in [5.74, 6) is -4.56. The molecule has 6 heteroatoms. The van der Waals surface area contributed by atoms with E-state index in [4.69, 9.17) is 4.74 Å². The molecule has 1 atom stereocenters. The van der Waals surface area contributed by atoms with Gasteiger partial charge >= 0.3 is 0 Å². The topological polar surface area (TPSA) is 38.3 Å². The minimum absolute atomic E-state index is 0.0616. The van der Waals surface area contributed by atoms with E-state index in [9.17, 15) is 18.0 Å². The van der Waals surface area contributed by atoms with Gasteiger partial charge in [-0.3, -0.25) is 4.79 Å². The number of halogens is 3. The van der Waals surface area contributed by atoms with Crippen molar-refractivity contribution in [2.24, 2.45) is 0 Å². The lowest BCUT2D eigenvalue weighted by Crippen LogP contribution is -2.30. The lowest BCUT2D eigenvalue weighted by Gasteiger charge is -2.11. The number of rotatable bonds is 3. The van der Waals surface area contributed by atoms with Crippen LogP contribution in [0.4, 0.5) is 13.2 Å². The monoisotopic (exact) mass is 307 g/mol. The lowest BCUT2D eigenvalue weighted by atomic mass is 10.0. The van der Waals surface area contributed by atoms with Crippen LogP contribution in [0.25, 0.3) is 0 Å². The summed E-state index contributed by atoms with van der Waals surface area (Å²) >= 11 is 0. The van der Waals surface area contributed by atoms with Crippen LogP contribution >= 0.6 is 0 Å². The Labute approximate surface area is 124 Å². The maximum atomic E-state index is 13.6. The third-order valence-electron chi connectivity index (χ3n) is 3.59. The second kappa shape index (κ2) is 5.71. The molecule has 22 heavy (non-hydrogen) atoms. The van der Waals surface area contributed by atoms with Gasteiger partial charge < -0.3 is 10.1 Å². The number of hydrogen-bond acceptors (Lipinski definition) is 2. The molecule has 3 nitrogen and oxygen atoms in total. The molecule has 1 N–H and O–H groups in total. The van der Waals surface area contributed by atoms with Gasteiger partial charge in [0.2, 0.25) is 0 Å². The molecular formula is C16H12F3NO2. The molecule has 1 unspecified atom stereocenters. The predicted molar refractivity (Wildman–Crippen MR) is 73.3 cm³/mol. The number of ether oxygens (including phenoxy) is 1. The Morgan fingerprint density at radius 2 is 1.91 bits per heavy atom. The van der Waals surface area contributed by atoms with E-state index in [1.165, 1.54) is 0 Å². The molecule has 0 fully saturated rings. The molecule has 1 aliphatic heterocycles. The first-order chi connectivity index (χ1) is 10.6. The molecule has 0 saturated heterocycles. The van der Waals surface area contributed by atoms with E-state index in [-0.39, 0.29) is 12.5 Å². The number of benzene rings is 2. The molecule has 0 aliphatic carbocycles. The summed E-state index contributed by atoms with van der Waals surface area (Å²) in [6.07, 6.45) is 0. The summed E-state index contributed by atoms with van der Waals surface area (Å²) in [4.78, 5) is 11.9. The van der Waals surface area contributed by atoms with Crippen LogP contribution in [-0.2, 0) is 0 Å². The van der Waals surface area contributed by atoms with Gasteiger partial charge in [0, 0.05) is 18.0 Å². The number of amides is 1. The van der Waals surface area contributed by atoms with Crippen molar-refractivity contribution in [2.45, 2.75) is 5.92 Å². The van der Waals surface area contributed by atoms with Crippen LogP contribution in [-0.4, -0.2) is 19.1 Å². The van der Waals surface area contributed by atoms with Gasteiger partial charge in [-0.2, -0.15) is 0 Å². The highest BCUT2D eigenvalue weighted by Crippen LogP contribution is 2.32. The number of para-hydroxylation sites is 1. The maximum absolute atomic E-state index is 13.6. The number of carbonyl (C=O) groups is 1. The third kappa shape index (κ3) is 2.52. The minimum atomic E-state index is -1.65. The molecule has 3 rings (SSSR count). The Kier molecular flexibility index (Phi) is 3.75.